The lowest BCUT2D eigenvalue weighted by atomic mass is 10.0. The minimum absolute atomic E-state index is 0.186. The van der Waals surface area contributed by atoms with Gasteiger partial charge in [0.1, 0.15) is 5.82 Å². The van der Waals surface area contributed by atoms with Crippen LogP contribution in [-0.2, 0) is 4.74 Å². The maximum Gasteiger partial charge on any atom is 0.358 e. The fraction of sp³-hybridized carbons (Fsp3) is 0.583. The van der Waals surface area contributed by atoms with E-state index in [4.69, 9.17) is 5.11 Å². The Morgan fingerprint density at radius 1 is 1.50 bits per heavy atom. The third-order valence-corrected chi connectivity index (χ3v) is 2.73. The first-order valence-electron chi connectivity index (χ1n) is 5.96. The van der Waals surface area contributed by atoms with Crippen LogP contribution < -0.4 is 5.32 Å². The quantitative estimate of drug-likeness (QED) is 0.707. The topological polar surface area (TPSA) is 84.3 Å². The van der Waals surface area contributed by atoms with Crippen molar-refractivity contribution in [3.8, 4) is 0 Å². The standard InChI is InChI=1S/C12H19N3O3/c1-3-9(4-5-16)6-14-11-8-13-10(7-15-11)12(17)18-2/h7-9,16H,3-6H2,1-2H3,(H,14,15). The summed E-state index contributed by atoms with van der Waals surface area (Å²) >= 11 is 0. The Morgan fingerprint density at radius 3 is 2.78 bits per heavy atom. The van der Waals surface area contributed by atoms with E-state index in [9.17, 15) is 4.79 Å². The molecule has 0 aliphatic rings. The van der Waals surface area contributed by atoms with Crippen LogP contribution in [0.15, 0.2) is 12.4 Å². The number of hydrogen-bond acceptors (Lipinski definition) is 6. The van der Waals surface area contributed by atoms with Crippen molar-refractivity contribution < 1.29 is 14.6 Å². The van der Waals surface area contributed by atoms with E-state index in [1.54, 1.807) is 0 Å². The summed E-state index contributed by atoms with van der Waals surface area (Å²) in [6, 6.07) is 0. The Labute approximate surface area is 106 Å². The van der Waals surface area contributed by atoms with Crippen molar-refractivity contribution in [1.29, 1.82) is 0 Å². The van der Waals surface area contributed by atoms with Crippen LogP contribution in [0, 0.1) is 5.92 Å². The summed E-state index contributed by atoms with van der Waals surface area (Å²) in [4.78, 5) is 19.2. The van der Waals surface area contributed by atoms with Gasteiger partial charge in [-0.05, 0) is 12.3 Å². The molecule has 0 aliphatic carbocycles. The van der Waals surface area contributed by atoms with E-state index in [1.807, 2.05) is 0 Å². The van der Waals surface area contributed by atoms with E-state index in [0.29, 0.717) is 11.7 Å². The molecule has 1 atom stereocenters. The Balaban J connectivity index is 2.50. The molecule has 0 spiro atoms. The molecule has 1 aromatic rings. The highest BCUT2D eigenvalue weighted by atomic mass is 16.5. The molecule has 0 radical (unpaired) electrons. The van der Waals surface area contributed by atoms with Gasteiger partial charge in [-0.15, -0.1) is 0 Å². The predicted molar refractivity (Wildman–Crippen MR) is 67.3 cm³/mol. The summed E-state index contributed by atoms with van der Waals surface area (Å²) in [5, 5.41) is 12.0. The molecule has 1 unspecified atom stereocenters. The third kappa shape index (κ3) is 4.29. The zero-order chi connectivity index (χ0) is 13.4. The number of ether oxygens (including phenoxy) is 1. The van der Waals surface area contributed by atoms with Gasteiger partial charge in [-0.2, -0.15) is 0 Å². The smallest absolute Gasteiger partial charge is 0.358 e. The van der Waals surface area contributed by atoms with Gasteiger partial charge in [-0.25, -0.2) is 14.8 Å². The highest BCUT2D eigenvalue weighted by molar-refractivity contribution is 5.86. The average Bonchev–Trinajstić information content (AvgIpc) is 2.43. The maximum atomic E-state index is 11.1. The van der Waals surface area contributed by atoms with Crippen molar-refractivity contribution in [3.63, 3.8) is 0 Å². The largest absolute Gasteiger partial charge is 0.464 e. The number of methoxy groups -OCH3 is 1. The molecule has 1 aromatic heterocycles. The van der Waals surface area contributed by atoms with Crippen molar-refractivity contribution in [2.75, 3.05) is 25.6 Å². The monoisotopic (exact) mass is 253 g/mol. The van der Waals surface area contributed by atoms with Gasteiger partial charge in [0, 0.05) is 13.2 Å². The SMILES string of the molecule is CCC(CCO)CNc1cnc(C(=O)OC)cn1. The Bertz CT molecular complexity index is 367. The van der Waals surface area contributed by atoms with E-state index in [1.165, 1.54) is 19.5 Å². The lowest BCUT2D eigenvalue weighted by molar-refractivity contribution is 0.0593. The van der Waals surface area contributed by atoms with Crippen LogP contribution in [0.1, 0.15) is 30.3 Å². The number of nitrogens with one attached hydrogen (secondary N) is 1. The molecule has 0 saturated heterocycles. The predicted octanol–water partition coefficient (Wildman–Crippen LogP) is 1.08. The van der Waals surface area contributed by atoms with Crippen LogP contribution in [0.4, 0.5) is 5.82 Å². The summed E-state index contributed by atoms with van der Waals surface area (Å²) in [7, 11) is 1.30. The zero-order valence-corrected chi connectivity index (χ0v) is 10.7. The molecule has 0 bridgehead atoms. The molecule has 18 heavy (non-hydrogen) atoms. The van der Waals surface area contributed by atoms with Crippen LogP contribution in [0.2, 0.25) is 0 Å². The minimum atomic E-state index is -0.499. The van der Waals surface area contributed by atoms with Gasteiger partial charge >= 0.3 is 5.97 Å². The van der Waals surface area contributed by atoms with Gasteiger partial charge in [-0.3, -0.25) is 0 Å². The first-order chi connectivity index (χ1) is 8.71. The number of rotatable bonds is 7. The van der Waals surface area contributed by atoms with Gasteiger partial charge in [0.2, 0.25) is 0 Å². The lowest BCUT2D eigenvalue weighted by Crippen LogP contribution is -2.16. The Kier molecular flexibility index (Phi) is 6.07. The van der Waals surface area contributed by atoms with E-state index in [-0.39, 0.29) is 12.3 Å². The number of nitrogens with zero attached hydrogens (tertiary/aromatic N) is 2. The molecule has 6 heteroatoms. The fourth-order valence-corrected chi connectivity index (χ4v) is 1.51. The molecule has 0 aliphatic heterocycles. The van der Waals surface area contributed by atoms with Crippen LogP contribution in [-0.4, -0.2) is 41.3 Å². The summed E-state index contributed by atoms with van der Waals surface area (Å²) in [5.74, 6) is 0.511. The molecule has 0 aromatic carbocycles. The van der Waals surface area contributed by atoms with Crippen molar-refractivity contribution in [3.05, 3.63) is 18.1 Å². The number of anilines is 1. The first-order valence-corrected chi connectivity index (χ1v) is 5.96. The number of carbonyl (C=O) groups is 1. The molecular formula is C12H19N3O3. The molecule has 0 saturated carbocycles. The van der Waals surface area contributed by atoms with Crippen molar-refractivity contribution in [2.45, 2.75) is 19.8 Å². The van der Waals surface area contributed by atoms with Crippen LogP contribution >= 0.6 is 0 Å². The Hall–Kier alpha value is -1.69. The highest BCUT2D eigenvalue weighted by Crippen LogP contribution is 2.09. The second-order valence-electron chi connectivity index (χ2n) is 3.95. The number of carbonyl (C=O) groups excluding carboxylic acids is 1. The molecule has 100 valence electrons. The van der Waals surface area contributed by atoms with E-state index >= 15 is 0 Å². The molecule has 0 amide bonds. The molecule has 6 nitrogen and oxygen atoms in total. The summed E-state index contributed by atoms with van der Waals surface area (Å²) in [6.07, 6.45) is 4.62. The zero-order valence-electron chi connectivity index (χ0n) is 10.7. The third-order valence-electron chi connectivity index (χ3n) is 2.73. The molecule has 1 heterocycles. The minimum Gasteiger partial charge on any atom is -0.464 e. The Morgan fingerprint density at radius 2 is 2.28 bits per heavy atom. The van der Waals surface area contributed by atoms with Gasteiger partial charge in [-0.1, -0.05) is 13.3 Å². The normalized spacial score (nSPS) is 11.9. The summed E-state index contributed by atoms with van der Waals surface area (Å²) in [6.45, 7) is 2.99. The van der Waals surface area contributed by atoms with Gasteiger partial charge < -0.3 is 15.2 Å². The molecular weight excluding hydrogens is 234 g/mol. The average molecular weight is 253 g/mol. The second-order valence-corrected chi connectivity index (χ2v) is 3.95. The highest BCUT2D eigenvalue weighted by Gasteiger charge is 2.08. The number of aliphatic hydroxyl groups excluding tert-OH is 1. The maximum absolute atomic E-state index is 11.1. The van der Waals surface area contributed by atoms with Crippen LogP contribution in [0.25, 0.3) is 0 Å². The van der Waals surface area contributed by atoms with Crippen LogP contribution in [0.5, 0.6) is 0 Å². The van der Waals surface area contributed by atoms with Crippen LogP contribution in [0.3, 0.4) is 0 Å². The summed E-state index contributed by atoms with van der Waals surface area (Å²) in [5.41, 5.74) is 0.186. The summed E-state index contributed by atoms with van der Waals surface area (Å²) < 4.78 is 4.53. The number of aromatic nitrogens is 2. The lowest BCUT2D eigenvalue weighted by Gasteiger charge is -2.14. The van der Waals surface area contributed by atoms with E-state index < -0.39 is 5.97 Å². The van der Waals surface area contributed by atoms with Crippen molar-refractivity contribution in [1.82, 2.24) is 9.97 Å². The molecule has 2 N–H and O–H groups in total. The fourth-order valence-electron chi connectivity index (χ4n) is 1.51. The molecule has 0 fully saturated rings. The number of esters is 1. The number of hydrogen-bond donors (Lipinski definition) is 2. The van der Waals surface area contributed by atoms with Crippen molar-refractivity contribution >= 4 is 11.8 Å². The molecule has 1 rings (SSSR count). The number of aliphatic hydroxyl groups is 1. The van der Waals surface area contributed by atoms with E-state index in [2.05, 4.69) is 26.9 Å². The van der Waals surface area contributed by atoms with Gasteiger partial charge in [0.05, 0.1) is 19.5 Å². The first kappa shape index (κ1) is 14.4. The van der Waals surface area contributed by atoms with Crippen molar-refractivity contribution in [2.24, 2.45) is 5.92 Å². The van der Waals surface area contributed by atoms with Gasteiger partial charge in [0.25, 0.3) is 0 Å². The van der Waals surface area contributed by atoms with E-state index in [0.717, 1.165) is 19.4 Å². The van der Waals surface area contributed by atoms with Gasteiger partial charge in [0.15, 0.2) is 5.69 Å². The second kappa shape index (κ2) is 7.60.